The zero-order valence-corrected chi connectivity index (χ0v) is 15.0. The molecular formula is C21H24ClNO2. The summed E-state index contributed by atoms with van der Waals surface area (Å²) in [6, 6.07) is 16.2. The van der Waals surface area contributed by atoms with Gasteiger partial charge >= 0.3 is 0 Å². The summed E-state index contributed by atoms with van der Waals surface area (Å²) in [6.07, 6.45) is 2.97. The monoisotopic (exact) mass is 357 g/mol. The molecule has 5 rings (SSSR count). The predicted octanol–water partition coefficient (Wildman–Crippen LogP) is 3.92. The number of piperidine rings is 3. The lowest BCUT2D eigenvalue weighted by atomic mass is 9.78. The maximum Gasteiger partial charge on any atom is 0.120 e. The van der Waals surface area contributed by atoms with E-state index in [4.69, 9.17) is 16.3 Å². The Morgan fingerprint density at radius 1 is 1.04 bits per heavy atom. The smallest absolute Gasteiger partial charge is 0.120 e. The molecule has 25 heavy (non-hydrogen) atoms. The fraction of sp³-hybridized carbons (Fsp3) is 0.429. The summed E-state index contributed by atoms with van der Waals surface area (Å²) in [5.41, 5.74) is 2.33. The number of hydrogen-bond acceptors (Lipinski definition) is 3. The maximum atomic E-state index is 10.6. The molecule has 3 fully saturated rings. The Balaban J connectivity index is 1.40. The molecule has 2 aromatic carbocycles. The van der Waals surface area contributed by atoms with Gasteiger partial charge in [-0.15, -0.1) is 0 Å². The van der Waals surface area contributed by atoms with E-state index in [1.54, 1.807) is 0 Å². The number of hydrogen-bond donors (Lipinski definition) is 1. The average Bonchev–Trinajstić information content (AvgIpc) is 2.65. The summed E-state index contributed by atoms with van der Waals surface area (Å²) in [4.78, 5) is 2.45. The molecule has 0 radical (unpaired) electrons. The first kappa shape index (κ1) is 16.9. The first-order valence-electron chi connectivity index (χ1n) is 9.07. The molecule has 0 spiro atoms. The molecule has 1 N–H and O–H groups in total. The van der Waals surface area contributed by atoms with Gasteiger partial charge in [-0.05, 0) is 73.7 Å². The van der Waals surface area contributed by atoms with Crippen molar-refractivity contribution in [2.45, 2.75) is 38.0 Å². The van der Waals surface area contributed by atoms with Crippen LogP contribution in [0.3, 0.4) is 0 Å². The predicted molar refractivity (Wildman–Crippen MR) is 100 cm³/mol. The van der Waals surface area contributed by atoms with Gasteiger partial charge in [0.1, 0.15) is 12.4 Å². The molecule has 3 aliphatic rings. The standard InChI is InChI=1S/C21H24ClNO2/c22-18-6-4-15(5-7-18)14-25-19-3-1-2-16(12-19)13-20-21(24)17-8-10-23(20)11-9-17/h1-7,12,17,20-21,24H,8-11,13-14H2. The van der Waals surface area contributed by atoms with E-state index in [-0.39, 0.29) is 12.1 Å². The van der Waals surface area contributed by atoms with Crippen LogP contribution in [-0.4, -0.2) is 35.2 Å². The first-order valence-corrected chi connectivity index (χ1v) is 9.45. The van der Waals surface area contributed by atoms with E-state index in [0.717, 1.165) is 48.7 Å². The number of aliphatic hydroxyl groups is 1. The third kappa shape index (κ3) is 3.84. The van der Waals surface area contributed by atoms with E-state index in [9.17, 15) is 5.11 Å². The van der Waals surface area contributed by atoms with Crippen molar-refractivity contribution in [3.63, 3.8) is 0 Å². The quantitative estimate of drug-likeness (QED) is 0.880. The first-order chi connectivity index (χ1) is 12.2. The molecule has 0 amide bonds. The molecule has 3 nitrogen and oxygen atoms in total. The number of fused-ring (bicyclic) bond motifs is 3. The minimum atomic E-state index is -0.193. The van der Waals surface area contributed by atoms with Crippen molar-refractivity contribution in [1.29, 1.82) is 0 Å². The molecule has 2 unspecified atom stereocenters. The summed E-state index contributed by atoms with van der Waals surface area (Å²) in [7, 11) is 0. The molecular weight excluding hydrogens is 334 g/mol. The van der Waals surface area contributed by atoms with Gasteiger partial charge < -0.3 is 9.84 Å². The van der Waals surface area contributed by atoms with Crippen LogP contribution < -0.4 is 4.74 Å². The van der Waals surface area contributed by atoms with Crippen molar-refractivity contribution in [3.8, 4) is 5.75 Å². The van der Waals surface area contributed by atoms with Gasteiger partial charge in [0, 0.05) is 11.1 Å². The van der Waals surface area contributed by atoms with Crippen LogP contribution in [0.4, 0.5) is 0 Å². The molecule has 2 bridgehead atoms. The van der Waals surface area contributed by atoms with Crippen molar-refractivity contribution in [1.82, 2.24) is 4.90 Å². The van der Waals surface area contributed by atoms with Gasteiger partial charge in [0.05, 0.1) is 6.10 Å². The molecule has 0 aromatic heterocycles. The fourth-order valence-corrected chi connectivity index (χ4v) is 4.25. The highest BCUT2D eigenvalue weighted by molar-refractivity contribution is 6.30. The summed E-state index contributed by atoms with van der Waals surface area (Å²) in [5.74, 6) is 1.36. The van der Waals surface area contributed by atoms with Gasteiger partial charge in [0.25, 0.3) is 0 Å². The molecule has 2 aromatic rings. The third-order valence-corrected chi connectivity index (χ3v) is 5.83. The number of nitrogens with zero attached hydrogens (tertiary/aromatic N) is 1. The zero-order valence-electron chi connectivity index (χ0n) is 14.3. The Hall–Kier alpha value is -1.55. The Morgan fingerprint density at radius 2 is 1.80 bits per heavy atom. The molecule has 3 aliphatic heterocycles. The topological polar surface area (TPSA) is 32.7 Å². The number of benzene rings is 2. The molecule has 3 heterocycles. The highest BCUT2D eigenvalue weighted by atomic mass is 35.5. The van der Waals surface area contributed by atoms with Crippen molar-refractivity contribution in [3.05, 3.63) is 64.7 Å². The van der Waals surface area contributed by atoms with Crippen molar-refractivity contribution in [2.75, 3.05) is 13.1 Å². The average molecular weight is 358 g/mol. The molecule has 2 atom stereocenters. The number of rotatable bonds is 5. The van der Waals surface area contributed by atoms with E-state index < -0.39 is 0 Å². The Labute approximate surface area is 154 Å². The van der Waals surface area contributed by atoms with Gasteiger partial charge in [0.15, 0.2) is 0 Å². The van der Waals surface area contributed by atoms with E-state index in [1.807, 2.05) is 36.4 Å². The van der Waals surface area contributed by atoms with Gasteiger partial charge in [-0.25, -0.2) is 0 Å². The molecule has 3 saturated heterocycles. The lowest BCUT2D eigenvalue weighted by molar-refractivity contribution is -0.0715. The Kier molecular flexibility index (Phi) is 4.98. The summed E-state index contributed by atoms with van der Waals surface area (Å²) < 4.78 is 5.93. The third-order valence-electron chi connectivity index (χ3n) is 5.58. The Morgan fingerprint density at radius 3 is 2.52 bits per heavy atom. The number of halogens is 1. The van der Waals surface area contributed by atoms with Gasteiger partial charge in [-0.1, -0.05) is 35.9 Å². The normalized spacial score (nSPS) is 28.1. The largest absolute Gasteiger partial charge is 0.489 e. The number of ether oxygens (including phenoxy) is 1. The maximum absolute atomic E-state index is 10.6. The van der Waals surface area contributed by atoms with Crippen LogP contribution in [0.25, 0.3) is 0 Å². The van der Waals surface area contributed by atoms with Crippen molar-refractivity contribution < 1.29 is 9.84 Å². The van der Waals surface area contributed by atoms with E-state index in [0.29, 0.717) is 12.5 Å². The molecule has 132 valence electrons. The summed E-state index contributed by atoms with van der Waals surface area (Å²) in [6.45, 7) is 2.78. The van der Waals surface area contributed by atoms with Gasteiger partial charge in [-0.3, -0.25) is 4.90 Å². The minimum absolute atomic E-state index is 0.193. The van der Waals surface area contributed by atoms with Crippen LogP contribution >= 0.6 is 11.6 Å². The second kappa shape index (κ2) is 7.36. The highest BCUT2D eigenvalue weighted by Gasteiger charge is 2.40. The van der Waals surface area contributed by atoms with Crippen LogP contribution in [0, 0.1) is 5.92 Å². The summed E-state index contributed by atoms with van der Waals surface area (Å²) in [5, 5.41) is 11.3. The lowest BCUT2D eigenvalue weighted by Crippen LogP contribution is -2.58. The van der Waals surface area contributed by atoms with Crippen LogP contribution in [0.15, 0.2) is 48.5 Å². The van der Waals surface area contributed by atoms with Crippen LogP contribution in [0.2, 0.25) is 5.02 Å². The second-order valence-corrected chi connectivity index (χ2v) is 7.63. The van der Waals surface area contributed by atoms with Gasteiger partial charge in [0.2, 0.25) is 0 Å². The van der Waals surface area contributed by atoms with Crippen LogP contribution in [0.1, 0.15) is 24.0 Å². The van der Waals surface area contributed by atoms with Crippen molar-refractivity contribution in [2.24, 2.45) is 5.92 Å². The second-order valence-electron chi connectivity index (χ2n) is 7.20. The fourth-order valence-electron chi connectivity index (χ4n) is 4.12. The zero-order chi connectivity index (χ0) is 17.2. The lowest BCUT2D eigenvalue weighted by Gasteiger charge is -2.49. The van der Waals surface area contributed by atoms with E-state index in [1.165, 1.54) is 5.56 Å². The highest BCUT2D eigenvalue weighted by Crippen LogP contribution is 2.34. The number of aliphatic hydroxyl groups excluding tert-OH is 1. The SMILES string of the molecule is OC1C2CCN(CC2)C1Cc1cccc(OCc2ccc(Cl)cc2)c1. The van der Waals surface area contributed by atoms with Crippen LogP contribution in [0.5, 0.6) is 5.75 Å². The van der Waals surface area contributed by atoms with Gasteiger partial charge in [-0.2, -0.15) is 0 Å². The van der Waals surface area contributed by atoms with Crippen molar-refractivity contribution >= 4 is 11.6 Å². The molecule has 0 aliphatic carbocycles. The Bertz CT molecular complexity index is 708. The summed E-state index contributed by atoms with van der Waals surface area (Å²) >= 11 is 5.92. The molecule has 4 heteroatoms. The minimum Gasteiger partial charge on any atom is -0.489 e. The van der Waals surface area contributed by atoms with Crippen LogP contribution in [-0.2, 0) is 13.0 Å². The van der Waals surface area contributed by atoms with E-state index >= 15 is 0 Å². The molecule has 0 saturated carbocycles. The van der Waals surface area contributed by atoms with E-state index in [2.05, 4.69) is 17.0 Å².